The highest BCUT2D eigenvalue weighted by Gasteiger charge is 2.39. The van der Waals surface area contributed by atoms with Crippen LogP contribution in [0, 0.1) is 11.3 Å². The number of nitrogens with one attached hydrogen (secondary N) is 1. The Hall–Kier alpha value is -3.51. The van der Waals surface area contributed by atoms with E-state index in [1.165, 1.54) is 30.5 Å². The third-order valence-electron chi connectivity index (χ3n) is 4.38. The Morgan fingerprint density at radius 2 is 2.00 bits per heavy atom. The molecule has 0 radical (unpaired) electrons. The van der Waals surface area contributed by atoms with Gasteiger partial charge in [-0.2, -0.15) is 10.0 Å². The van der Waals surface area contributed by atoms with Crippen molar-refractivity contribution < 1.29 is 27.2 Å². The highest BCUT2D eigenvalue weighted by molar-refractivity contribution is 8.42. The SMILES string of the molecule is CC(C)CS(=O)(=O)C1=NN2C(=N)/C(=C/c3ccc(OC(=O)c4ccco4)cc3)C(=O)N=C2S1. The number of nitrogens with zero attached hydrogens (tertiary/aromatic N) is 3. The minimum absolute atomic E-state index is 0.0321. The molecule has 0 spiro atoms. The summed E-state index contributed by atoms with van der Waals surface area (Å²) in [6.45, 7) is 3.55. The van der Waals surface area contributed by atoms with Gasteiger partial charge < -0.3 is 9.15 Å². The third-order valence-corrected chi connectivity index (χ3v) is 7.81. The number of sulfone groups is 1. The van der Waals surface area contributed by atoms with Crippen LogP contribution in [-0.4, -0.2) is 46.4 Å². The van der Waals surface area contributed by atoms with Crippen LogP contribution in [0.15, 0.2) is 62.7 Å². The molecule has 10 nitrogen and oxygen atoms in total. The first-order chi connectivity index (χ1) is 15.6. The van der Waals surface area contributed by atoms with E-state index < -0.39 is 21.7 Å². The Morgan fingerprint density at radius 3 is 2.64 bits per heavy atom. The number of ether oxygens (including phenoxy) is 1. The molecule has 2 aromatic rings. The van der Waals surface area contributed by atoms with Crippen LogP contribution < -0.4 is 4.74 Å². The van der Waals surface area contributed by atoms with Crippen molar-refractivity contribution in [2.75, 3.05) is 5.75 Å². The second kappa shape index (κ2) is 8.79. The second-order valence-corrected chi connectivity index (χ2v) is 10.7. The molecule has 0 saturated heterocycles. The summed E-state index contributed by atoms with van der Waals surface area (Å²) in [4.78, 5) is 28.4. The minimum Gasteiger partial charge on any atom is -0.457 e. The monoisotopic (exact) mass is 486 g/mol. The minimum atomic E-state index is -3.65. The zero-order valence-corrected chi connectivity index (χ0v) is 19.1. The highest BCUT2D eigenvalue weighted by atomic mass is 32.3. The summed E-state index contributed by atoms with van der Waals surface area (Å²) in [7, 11) is -3.65. The molecule has 0 saturated carbocycles. The molecule has 3 heterocycles. The van der Waals surface area contributed by atoms with Gasteiger partial charge in [0.25, 0.3) is 5.91 Å². The van der Waals surface area contributed by atoms with E-state index in [0.29, 0.717) is 5.56 Å². The maximum absolute atomic E-state index is 12.5. The van der Waals surface area contributed by atoms with E-state index in [4.69, 9.17) is 14.6 Å². The Labute approximate surface area is 193 Å². The normalized spacial score (nSPS) is 17.3. The van der Waals surface area contributed by atoms with E-state index in [1.54, 1.807) is 32.0 Å². The number of hydrogen-bond donors (Lipinski definition) is 1. The molecule has 0 fully saturated rings. The number of hydrogen-bond acceptors (Lipinski definition) is 9. The van der Waals surface area contributed by atoms with E-state index >= 15 is 0 Å². The number of aliphatic imine (C=N–C) groups is 1. The predicted octanol–water partition coefficient (Wildman–Crippen LogP) is 3.15. The number of amides is 1. The predicted molar refractivity (Wildman–Crippen MR) is 124 cm³/mol. The molecule has 0 unspecified atom stereocenters. The molecule has 1 aromatic heterocycles. The summed E-state index contributed by atoms with van der Waals surface area (Å²) in [6.07, 6.45) is 2.80. The second-order valence-electron chi connectivity index (χ2n) is 7.50. The first kappa shape index (κ1) is 22.7. The van der Waals surface area contributed by atoms with Crippen LogP contribution in [0.5, 0.6) is 5.75 Å². The number of carbonyl (C=O) groups is 2. The fourth-order valence-corrected chi connectivity index (χ4v) is 5.75. The van der Waals surface area contributed by atoms with Gasteiger partial charge in [0, 0.05) is 0 Å². The average molecular weight is 487 g/mol. The fourth-order valence-electron chi connectivity index (χ4n) is 2.96. The molecular weight excluding hydrogens is 468 g/mol. The lowest BCUT2D eigenvalue weighted by Gasteiger charge is -2.20. The summed E-state index contributed by atoms with van der Waals surface area (Å²) in [5.41, 5.74) is 0.494. The quantitative estimate of drug-likeness (QED) is 0.386. The van der Waals surface area contributed by atoms with Gasteiger partial charge in [-0.05, 0) is 53.6 Å². The van der Waals surface area contributed by atoms with Gasteiger partial charge in [-0.3, -0.25) is 10.2 Å². The molecule has 2 aliphatic rings. The number of esters is 1. The first-order valence-electron chi connectivity index (χ1n) is 9.73. The summed E-state index contributed by atoms with van der Waals surface area (Å²) >= 11 is 0.759. The number of benzene rings is 1. The first-order valence-corrected chi connectivity index (χ1v) is 12.2. The van der Waals surface area contributed by atoms with Gasteiger partial charge in [-0.15, -0.1) is 5.10 Å². The third kappa shape index (κ3) is 4.81. The van der Waals surface area contributed by atoms with Crippen molar-refractivity contribution in [3.8, 4) is 5.75 Å². The van der Waals surface area contributed by atoms with Crippen LogP contribution in [0.25, 0.3) is 6.08 Å². The van der Waals surface area contributed by atoms with Crippen molar-refractivity contribution in [3.05, 3.63) is 59.6 Å². The van der Waals surface area contributed by atoms with Crippen molar-refractivity contribution >= 4 is 54.9 Å². The lowest BCUT2D eigenvalue weighted by Crippen LogP contribution is -2.35. The van der Waals surface area contributed by atoms with Gasteiger partial charge in [-0.1, -0.05) is 26.0 Å². The molecule has 33 heavy (non-hydrogen) atoms. The van der Waals surface area contributed by atoms with Crippen molar-refractivity contribution in [3.63, 3.8) is 0 Å². The van der Waals surface area contributed by atoms with Crippen LogP contribution in [0.1, 0.15) is 30.0 Å². The number of rotatable bonds is 5. The Bertz CT molecular complexity index is 1320. The van der Waals surface area contributed by atoms with Crippen LogP contribution in [0.3, 0.4) is 0 Å². The van der Waals surface area contributed by atoms with E-state index in [2.05, 4.69) is 10.1 Å². The molecule has 2 aliphatic heterocycles. The largest absolute Gasteiger partial charge is 0.457 e. The molecule has 170 valence electrons. The lowest BCUT2D eigenvalue weighted by atomic mass is 10.1. The molecule has 0 aliphatic carbocycles. The summed E-state index contributed by atoms with van der Waals surface area (Å²) in [6, 6.07) is 9.30. The number of fused-ring (bicyclic) bond motifs is 1. The molecule has 1 N–H and O–H groups in total. The van der Waals surface area contributed by atoms with Crippen molar-refractivity contribution in [1.82, 2.24) is 5.01 Å². The van der Waals surface area contributed by atoms with Crippen molar-refractivity contribution in [1.29, 1.82) is 5.41 Å². The van der Waals surface area contributed by atoms with Gasteiger partial charge in [0.15, 0.2) is 5.84 Å². The molecule has 0 atom stereocenters. The van der Waals surface area contributed by atoms with Crippen LogP contribution in [0.2, 0.25) is 0 Å². The van der Waals surface area contributed by atoms with Gasteiger partial charge in [-0.25, -0.2) is 13.2 Å². The van der Waals surface area contributed by atoms with Gasteiger partial charge in [0.2, 0.25) is 25.1 Å². The zero-order valence-electron chi connectivity index (χ0n) is 17.5. The number of amidine groups is 2. The number of furan rings is 1. The Balaban J connectivity index is 1.53. The van der Waals surface area contributed by atoms with Crippen LogP contribution in [-0.2, 0) is 14.6 Å². The molecular formula is C21H18N4O6S2. The van der Waals surface area contributed by atoms with E-state index in [0.717, 1.165) is 16.8 Å². The van der Waals surface area contributed by atoms with Gasteiger partial charge >= 0.3 is 5.97 Å². The van der Waals surface area contributed by atoms with E-state index in [1.807, 2.05) is 0 Å². The number of carbonyl (C=O) groups excluding carboxylic acids is 2. The Morgan fingerprint density at radius 1 is 1.27 bits per heavy atom. The maximum atomic E-state index is 12.5. The van der Waals surface area contributed by atoms with Crippen LogP contribution in [0.4, 0.5) is 0 Å². The summed E-state index contributed by atoms with van der Waals surface area (Å²) in [5, 5.41) is 13.5. The highest BCUT2D eigenvalue weighted by Crippen LogP contribution is 2.31. The van der Waals surface area contributed by atoms with Crippen LogP contribution >= 0.6 is 11.8 Å². The van der Waals surface area contributed by atoms with Gasteiger partial charge in [0.05, 0.1) is 17.6 Å². The molecule has 12 heteroatoms. The number of hydrazone groups is 1. The zero-order chi connectivity index (χ0) is 23.8. The average Bonchev–Trinajstić information content (AvgIpc) is 3.42. The molecule has 1 aromatic carbocycles. The van der Waals surface area contributed by atoms with E-state index in [-0.39, 0.29) is 44.1 Å². The van der Waals surface area contributed by atoms with Crippen molar-refractivity contribution in [2.45, 2.75) is 13.8 Å². The topological polar surface area (TPSA) is 142 Å². The summed E-state index contributed by atoms with van der Waals surface area (Å²) < 4.78 is 35.0. The standard InChI is InChI=1S/C21H18N4O6S2/c1-12(2)11-33(28,29)21-24-25-17(22)15(18(26)23-20(25)32-21)10-13-5-7-14(8-6-13)31-19(27)16-4-3-9-30-16/h3-10,12,22H,11H2,1-2H3/b15-10-,22-17?. The smallest absolute Gasteiger partial charge is 0.379 e. The fraction of sp³-hybridized carbons (Fsp3) is 0.190. The summed E-state index contributed by atoms with van der Waals surface area (Å²) in [5.74, 6) is -1.47. The molecule has 0 bridgehead atoms. The lowest BCUT2D eigenvalue weighted by molar-refractivity contribution is -0.114. The van der Waals surface area contributed by atoms with Crippen molar-refractivity contribution in [2.24, 2.45) is 16.0 Å². The molecule has 4 rings (SSSR count). The Kier molecular flexibility index (Phi) is 6.04. The maximum Gasteiger partial charge on any atom is 0.379 e. The number of thioether (sulfide) groups is 1. The van der Waals surface area contributed by atoms with Gasteiger partial charge in [0.1, 0.15) is 5.75 Å². The van der Waals surface area contributed by atoms with E-state index in [9.17, 15) is 18.0 Å². The molecule has 1 amide bonds.